The summed E-state index contributed by atoms with van der Waals surface area (Å²) in [5, 5.41) is 6.52. The molecule has 0 saturated carbocycles. The lowest BCUT2D eigenvalue weighted by atomic mass is 10.1. The predicted octanol–water partition coefficient (Wildman–Crippen LogP) is 2.45. The molecule has 1 saturated heterocycles. The van der Waals surface area contributed by atoms with E-state index >= 15 is 0 Å². The van der Waals surface area contributed by atoms with Gasteiger partial charge in [0.2, 0.25) is 0 Å². The number of hydrogen-bond acceptors (Lipinski definition) is 4. The first-order chi connectivity index (χ1) is 11.0. The molecule has 2 aromatic rings. The van der Waals surface area contributed by atoms with E-state index in [9.17, 15) is 9.59 Å². The topological polar surface area (TPSA) is 101 Å². The van der Waals surface area contributed by atoms with Crippen LogP contribution in [0.4, 0.5) is 10.5 Å². The summed E-state index contributed by atoms with van der Waals surface area (Å²) in [6, 6.07) is 7.86. The second-order valence-electron chi connectivity index (χ2n) is 5.59. The smallest absolute Gasteiger partial charge is 0.316 e. The number of likely N-dealkylation sites (tertiary alicyclic amines) is 1. The van der Waals surface area contributed by atoms with E-state index < -0.39 is 6.03 Å². The molecular formula is C16H18N4O3. The predicted molar refractivity (Wildman–Crippen MR) is 83.9 cm³/mol. The lowest BCUT2D eigenvalue weighted by Crippen LogP contribution is -2.30. The maximum absolute atomic E-state index is 12.8. The summed E-state index contributed by atoms with van der Waals surface area (Å²) in [4.78, 5) is 25.5. The van der Waals surface area contributed by atoms with Gasteiger partial charge in [-0.25, -0.2) is 4.79 Å². The third-order valence-corrected chi connectivity index (χ3v) is 3.88. The highest BCUT2D eigenvalue weighted by Gasteiger charge is 2.32. The molecule has 23 heavy (non-hydrogen) atoms. The van der Waals surface area contributed by atoms with Crippen molar-refractivity contribution in [1.82, 2.24) is 10.1 Å². The van der Waals surface area contributed by atoms with Gasteiger partial charge in [0.15, 0.2) is 0 Å². The van der Waals surface area contributed by atoms with Crippen LogP contribution in [0.3, 0.4) is 0 Å². The monoisotopic (exact) mass is 314 g/mol. The molecule has 1 aromatic carbocycles. The van der Waals surface area contributed by atoms with Gasteiger partial charge in [0, 0.05) is 23.9 Å². The Morgan fingerprint density at radius 3 is 2.91 bits per heavy atom. The quantitative estimate of drug-likeness (QED) is 0.908. The number of nitrogens with two attached hydrogens (primary N) is 1. The Morgan fingerprint density at radius 1 is 1.39 bits per heavy atom. The Bertz CT molecular complexity index is 740. The Labute approximate surface area is 133 Å². The van der Waals surface area contributed by atoms with E-state index in [2.05, 4.69) is 10.5 Å². The zero-order valence-corrected chi connectivity index (χ0v) is 12.8. The maximum Gasteiger partial charge on any atom is 0.316 e. The van der Waals surface area contributed by atoms with Gasteiger partial charge in [0.25, 0.3) is 5.91 Å². The molecule has 3 amide bonds. The normalized spacial score (nSPS) is 17.3. The number of aromatic nitrogens is 1. The van der Waals surface area contributed by atoms with Crippen molar-refractivity contribution in [3.8, 4) is 0 Å². The molecule has 120 valence electrons. The molecule has 7 nitrogen and oxygen atoms in total. The second-order valence-corrected chi connectivity index (χ2v) is 5.59. The zero-order valence-electron chi connectivity index (χ0n) is 12.8. The van der Waals surface area contributed by atoms with Crippen LogP contribution in [0.15, 0.2) is 34.9 Å². The first-order valence-electron chi connectivity index (χ1n) is 7.45. The number of amides is 3. The van der Waals surface area contributed by atoms with Crippen LogP contribution in [0.2, 0.25) is 0 Å². The molecule has 1 aliphatic heterocycles. The Morgan fingerprint density at radius 2 is 2.22 bits per heavy atom. The van der Waals surface area contributed by atoms with E-state index in [0.29, 0.717) is 17.8 Å². The molecule has 0 spiro atoms. The summed E-state index contributed by atoms with van der Waals surface area (Å²) in [5.41, 5.74) is 6.89. The van der Waals surface area contributed by atoms with Gasteiger partial charge in [0.1, 0.15) is 11.5 Å². The Hall–Kier alpha value is -2.83. The number of carbonyl (C=O) groups excluding carboxylic acids is 2. The van der Waals surface area contributed by atoms with Crippen LogP contribution in [0.1, 0.15) is 40.7 Å². The summed E-state index contributed by atoms with van der Waals surface area (Å²) in [5.74, 6) is 0.633. The van der Waals surface area contributed by atoms with Crippen molar-refractivity contribution in [3.63, 3.8) is 0 Å². The van der Waals surface area contributed by atoms with Crippen molar-refractivity contribution in [2.45, 2.75) is 25.8 Å². The number of nitrogens with zero attached hydrogens (tertiary/aromatic N) is 2. The SMILES string of the molecule is Cc1cc(C2CCCN2C(=O)c2cccc(NC(N)=O)c2)no1. The van der Waals surface area contributed by atoms with Crippen molar-refractivity contribution in [2.75, 3.05) is 11.9 Å². The van der Waals surface area contributed by atoms with Crippen molar-refractivity contribution in [3.05, 3.63) is 47.3 Å². The standard InChI is InChI=1S/C16H18N4O3/c1-10-8-13(19-23-10)14-6-3-7-20(14)15(21)11-4-2-5-12(9-11)18-16(17)22/h2,4-5,8-9,14H,3,6-7H2,1H3,(H3,17,18,22). The summed E-state index contributed by atoms with van der Waals surface area (Å²) < 4.78 is 5.12. The van der Waals surface area contributed by atoms with Gasteiger partial charge in [-0.15, -0.1) is 0 Å². The molecule has 0 aliphatic carbocycles. The van der Waals surface area contributed by atoms with Crippen LogP contribution in [0.25, 0.3) is 0 Å². The minimum Gasteiger partial charge on any atom is -0.361 e. The third kappa shape index (κ3) is 3.18. The first kappa shape index (κ1) is 15.1. The minimum absolute atomic E-state index is 0.0762. The average Bonchev–Trinajstić information content (AvgIpc) is 3.14. The van der Waals surface area contributed by atoms with Crippen LogP contribution < -0.4 is 11.1 Å². The number of aryl methyl sites for hydroxylation is 1. The molecule has 1 unspecified atom stereocenters. The number of nitrogens with one attached hydrogen (secondary N) is 1. The highest BCUT2D eigenvalue weighted by molar-refractivity contribution is 5.97. The number of rotatable bonds is 3. The van der Waals surface area contributed by atoms with Crippen molar-refractivity contribution >= 4 is 17.6 Å². The molecule has 1 aliphatic rings. The highest BCUT2D eigenvalue weighted by Crippen LogP contribution is 2.33. The number of anilines is 1. The van der Waals surface area contributed by atoms with Crippen molar-refractivity contribution in [2.24, 2.45) is 5.73 Å². The van der Waals surface area contributed by atoms with Crippen LogP contribution >= 0.6 is 0 Å². The molecular weight excluding hydrogens is 296 g/mol. The van der Waals surface area contributed by atoms with Crippen LogP contribution in [0.5, 0.6) is 0 Å². The fourth-order valence-electron chi connectivity index (χ4n) is 2.90. The maximum atomic E-state index is 12.8. The highest BCUT2D eigenvalue weighted by atomic mass is 16.5. The molecule has 3 rings (SSSR count). The summed E-state index contributed by atoms with van der Waals surface area (Å²) >= 11 is 0. The van der Waals surface area contributed by atoms with Gasteiger partial charge in [-0.3, -0.25) is 4.79 Å². The molecule has 7 heteroatoms. The fraction of sp³-hybridized carbons (Fsp3) is 0.312. The molecule has 0 bridgehead atoms. The molecule has 2 heterocycles. The molecule has 3 N–H and O–H groups in total. The number of primary amides is 1. The van der Waals surface area contributed by atoms with Crippen molar-refractivity contribution in [1.29, 1.82) is 0 Å². The van der Waals surface area contributed by atoms with Crippen LogP contribution in [0, 0.1) is 6.92 Å². The largest absolute Gasteiger partial charge is 0.361 e. The second kappa shape index (κ2) is 6.12. The van der Waals surface area contributed by atoms with Gasteiger partial charge in [-0.2, -0.15) is 0 Å². The summed E-state index contributed by atoms with van der Waals surface area (Å²) in [6.45, 7) is 2.50. The van der Waals surface area contributed by atoms with E-state index in [1.165, 1.54) is 0 Å². The van der Waals surface area contributed by atoms with E-state index in [1.54, 1.807) is 29.2 Å². The summed E-state index contributed by atoms with van der Waals surface area (Å²) in [7, 11) is 0. The van der Waals surface area contributed by atoms with E-state index in [0.717, 1.165) is 24.3 Å². The number of benzene rings is 1. The Kier molecular flexibility index (Phi) is 4.01. The fourth-order valence-corrected chi connectivity index (χ4v) is 2.90. The van der Waals surface area contributed by atoms with Crippen LogP contribution in [-0.4, -0.2) is 28.5 Å². The number of hydrogen-bond donors (Lipinski definition) is 2. The van der Waals surface area contributed by atoms with Gasteiger partial charge in [-0.05, 0) is 38.0 Å². The number of carbonyl (C=O) groups is 2. The first-order valence-corrected chi connectivity index (χ1v) is 7.45. The van der Waals surface area contributed by atoms with Gasteiger partial charge in [0.05, 0.1) is 6.04 Å². The average molecular weight is 314 g/mol. The number of urea groups is 1. The molecule has 0 radical (unpaired) electrons. The van der Waals surface area contributed by atoms with E-state index in [1.807, 2.05) is 13.0 Å². The summed E-state index contributed by atoms with van der Waals surface area (Å²) in [6.07, 6.45) is 1.78. The lowest BCUT2D eigenvalue weighted by molar-refractivity contribution is 0.0731. The Balaban J connectivity index is 1.83. The van der Waals surface area contributed by atoms with Crippen molar-refractivity contribution < 1.29 is 14.1 Å². The van der Waals surface area contributed by atoms with Gasteiger partial charge < -0.3 is 20.5 Å². The molecule has 1 atom stereocenters. The van der Waals surface area contributed by atoms with Gasteiger partial charge >= 0.3 is 6.03 Å². The minimum atomic E-state index is -0.660. The van der Waals surface area contributed by atoms with E-state index in [-0.39, 0.29) is 11.9 Å². The van der Waals surface area contributed by atoms with Crippen LogP contribution in [-0.2, 0) is 0 Å². The lowest BCUT2D eigenvalue weighted by Gasteiger charge is -2.23. The van der Waals surface area contributed by atoms with Gasteiger partial charge in [-0.1, -0.05) is 11.2 Å². The van der Waals surface area contributed by atoms with E-state index in [4.69, 9.17) is 10.3 Å². The molecule has 1 aromatic heterocycles. The zero-order chi connectivity index (χ0) is 16.4. The third-order valence-electron chi connectivity index (χ3n) is 3.88. The molecule has 1 fully saturated rings.